The van der Waals surface area contributed by atoms with Gasteiger partial charge in [-0.25, -0.2) is 0 Å². The Bertz CT molecular complexity index is 818. The van der Waals surface area contributed by atoms with Crippen molar-refractivity contribution in [1.29, 1.82) is 0 Å². The lowest BCUT2D eigenvalue weighted by molar-refractivity contribution is -0.121. The number of likely N-dealkylation sites (tertiary alicyclic amines) is 1. The molecule has 4 nitrogen and oxygen atoms in total. The Morgan fingerprint density at radius 1 is 0.964 bits per heavy atom. The van der Waals surface area contributed by atoms with Crippen LogP contribution in [0, 0.1) is 5.92 Å². The van der Waals surface area contributed by atoms with Gasteiger partial charge in [-0.3, -0.25) is 9.59 Å². The molecular weight excluding hydrogens is 389 g/mol. The number of amides is 2. The van der Waals surface area contributed by atoms with Gasteiger partial charge in [0.25, 0.3) is 5.91 Å². The molecule has 148 valence electrons. The molecule has 0 spiro atoms. The van der Waals surface area contributed by atoms with E-state index in [2.05, 4.69) is 5.32 Å². The largest absolute Gasteiger partial charge is 0.446 e. The van der Waals surface area contributed by atoms with Gasteiger partial charge in [-0.15, -0.1) is 0 Å². The zero-order valence-electron chi connectivity index (χ0n) is 14.9. The third-order valence-electron chi connectivity index (χ3n) is 4.53. The standard InChI is InChI=1S/C20H19F3N2O2S/c21-20(22,23)28-17-8-6-15(7-9-17)19(27)25-12-10-14(11-13-25)18(26)24-16-4-2-1-3-5-16/h1-9,14H,10-13H2,(H,24,26). The summed E-state index contributed by atoms with van der Waals surface area (Å²) in [6.45, 7) is 0.871. The molecule has 0 atom stereocenters. The van der Waals surface area contributed by atoms with Gasteiger partial charge in [0, 0.05) is 35.2 Å². The highest BCUT2D eigenvalue weighted by Gasteiger charge is 2.30. The molecule has 1 N–H and O–H groups in total. The van der Waals surface area contributed by atoms with E-state index in [0.29, 0.717) is 31.5 Å². The molecule has 28 heavy (non-hydrogen) atoms. The smallest absolute Gasteiger partial charge is 0.339 e. The molecule has 1 fully saturated rings. The van der Waals surface area contributed by atoms with Crippen LogP contribution in [0.5, 0.6) is 0 Å². The number of carbonyl (C=O) groups is 2. The molecular formula is C20H19F3N2O2S. The van der Waals surface area contributed by atoms with Crippen molar-refractivity contribution in [2.75, 3.05) is 18.4 Å². The number of nitrogens with one attached hydrogen (secondary N) is 1. The van der Waals surface area contributed by atoms with Gasteiger partial charge in [0.15, 0.2) is 0 Å². The van der Waals surface area contributed by atoms with E-state index in [1.807, 2.05) is 30.3 Å². The molecule has 1 aliphatic heterocycles. The summed E-state index contributed by atoms with van der Waals surface area (Å²) in [6.07, 6.45) is 1.10. The van der Waals surface area contributed by atoms with E-state index >= 15 is 0 Å². The second-order valence-corrected chi connectivity index (χ2v) is 7.63. The normalized spacial score (nSPS) is 15.3. The van der Waals surface area contributed by atoms with Crippen molar-refractivity contribution in [1.82, 2.24) is 4.90 Å². The molecule has 0 radical (unpaired) electrons. The summed E-state index contributed by atoms with van der Waals surface area (Å²) >= 11 is -0.208. The van der Waals surface area contributed by atoms with Gasteiger partial charge in [-0.1, -0.05) is 18.2 Å². The third kappa shape index (κ3) is 5.51. The summed E-state index contributed by atoms with van der Waals surface area (Å²) < 4.78 is 37.2. The van der Waals surface area contributed by atoms with Crippen LogP contribution in [0.3, 0.4) is 0 Å². The summed E-state index contributed by atoms with van der Waals surface area (Å²) in [7, 11) is 0. The fraction of sp³-hybridized carbons (Fsp3) is 0.300. The number of carbonyl (C=O) groups excluding carboxylic acids is 2. The second kappa shape index (κ2) is 8.68. The number of benzene rings is 2. The number of hydrogen-bond donors (Lipinski definition) is 1. The van der Waals surface area contributed by atoms with E-state index in [-0.39, 0.29) is 34.4 Å². The molecule has 8 heteroatoms. The summed E-state index contributed by atoms with van der Waals surface area (Å²) in [5, 5.41) is 2.88. The van der Waals surface area contributed by atoms with Gasteiger partial charge in [-0.2, -0.15) is 13.2 Å². The van der Waals surface area contributed by atoms with Crippen LogP contribution < -0.4 is 5.32 Å². The predicted molar refractivity (Wildman–Crippen MR) is 102 cm³/mol. The van der Waals surface area contributed by atoms with Gasteiger partial charge in [-0.05, 0) is 61.0 Å². The van der Waals surface area contributed by atoms with Crippen molar-refractivity contribution in [3.63, 3.8) is 0 Å². The van der Waals surface area contributed by atoms with Crippen LogP contribution in [0.1, 0.15) is 23.2 Å². The maximum absolute atomic E-state index is 12.6. The Morgan fingerprint density at radius 3 is 2.14 bits per heavy atom. The molecule has 0 aliphatic carbocycles. The number of anilines is 1. The van der Waals surface area contributed by atoms with Crippen LogP contribution in [-0.4, -0.2) is 35.3 Å². The van der Waals surface area contributed by atoms with E-state index in [0.717, 1.165) is 5.69 Å². The summed E-state index contributed by atoms with van der Waals surface area (Å²) in [5.74, 6) is -0.466. The molecule has 0 saturated carbocycles. The maximum atomic E-state index is 12.6. The zero-order valence-corrected chi connectivity index (χ0v) is 15.7. The van der Waals surface area contributed by atoms with E-state index in [4.69, 9.17) is 0 Å². The number of nitrogens with zero attached hydrogens (tertiary/aromatic N) is 1. The molecule has 2 aromatic rings. The van der Waals surface area contributed by atoms with Crippen molar-refractivity contribution in [2.45, 2.75) is 23.2 Å². The lowest BCUT2D eigenvalue weighted by Crippen LogP contribution is -2.41. The number of alkyl halides is 3. The average molecular weight is 408 g/mol. The van der Waals surface area contributed by atoms with E-state index in [9.17, 15) is 22.8 Å². The SMILES string of the molecule is O=C(Nc1ccccc1)C1CCN(C(=O)c2ccc(SC(F)(F)F)cc2)CC1. The molecule has 1 saturated heterocycles. The van der Waals surface area contributed by atoms with Crippen LogP contribution in [0.25, 0.3) is 0 Å². The van der Waals surface area contributed by atoms with Gasteiger partial charge in [0.2, 0.25) is 5.91 Å². The highest BCUT2D eigenvalue weighted by Crippen LogP contribution is 2.36. The minimum Gasteiger partial charge on any atom is -0.339 e. The fourth-order valence-corrected chi connectivity index (χ4v) is 3.63. The quantitative estimate of drug-likeness (QED) is 0.740. The molecule has 3 rings (SSSR count). The minimum atomic E-state index is -4.35. The van der Waals surface area contributed by atoms with Crippen LogP contribution in [-0.2, 0) is 4.79 Å². The maximum Gasteiger partial charge on any atom is 0.446 e. The van der Waals surface area contributed by atoms with Crippen LogP contribution in [0.2, 0.25) is 0 Å². The number of piperidine rings is 1. The molecule has 1 aliphatic rings. The number of rotatable bonds is 4. The number of hydrogen-bond acceptors (Lipinski definition) is 3. The Kier molecular flexibility index (Phi) is 6.28. The Labute approximate surface area is 165 Å². The van der Waals surface area contributed by atoms with E-state index < -0.39 is 5.51 Å². The first-order valence-corrected chi connectivity index (χ1v) is 9.64. The van der Waals surface area contributed by atoms with Gasteiger partial charge in [0.1, 0.15) is 0 Å². The lowest BCUT2D eigenvalue weighted by atomic mass is 9.95. The van der Waals surface area contributed by atoms with E-state index in [1.165, 1.54) is 24.3 Å². The van der Waals surface area contributed by atoms with Crippen LogP contribution in [0.4, 0.5) is 18.9 Å². The summed E-state index contributed by atoms with van der Waals surface area (Å²) in [5.41, 5.74) is -3.27. The highest BCUT2D eigenvalue weighted by molar-refractivity contribution is 8.00. The van der Waals surface area contributed by atoms with Crippen molar-refractivity contribution >= 4 is 29.3 Å². The van der Waals surface area contributed by atoms with Crippen molar-refractivity contribution < 1.29 is 22.8 Å². The Balaban J connectivity index is 1.53. The van der Waals surface area contributed by atoms with Gasteiger partial charge >= 0.3 is 5.51 Å². The van der Waals surface area contributed by atoms with Crippen LogP contribution >= 0.6 is 11.8 Å². The second-order valence-electron chi connectivity index (χ2n) is 6.49. The van der Waals surface area contributed by atoms with Gasteiger partial charge in [0.05, 0.1) is 0 Å². The zero-order chi connectivity index (χ0) is 20.1. The van der Waals surface area contributed by atoms with Crippen molar-refractivity contribution in [3.8, 4) is 0 Å². The first-order valence-electron chi connectivity index (χ1n) is 8.83. The third-order valence-corrected chi connectivity index (χ3v) is 5.27. The summed E-state index contributed by atoms with van der Waals surface area (Å²) in [6, 6.07) is 14.6. The first-order chi connectivity index (χ1) is 13.3. The topological polar surface area (TPSA) is 49.4 Å². The average Bonchev–Trinajstić information content (AvgIpc) is 2.68. The molecule has 2 aromatic carbocycles. The van der Waals surface area contributed by atoms with Crippen molar-refractivity contribution in [3.05, 3.63) is 60.2 Å². The Morgan fingerprint density at radius 2 is 1.57 bits per heavy atom. The fourth-order valence-electron chi connectivity index (χ4n) is 3.09. The number of thioether (sulfide) groups is 1. The van der Waals surface area contributed by atoms with Crippen LogP contribution in [0.15, 0.2) is 59.5 Å². The molecule has 0 bridgehead atoms. The Hall–Kier alpha value is -2.48. The van der Waals surface area contributed by atoms with Crippen molar-refractivity contribution in [2.24, 2.45) is 5.92 Å². The first kappa shape index (κ1) is 20.3. The number of para-hydroxylation sites is 1. The summed E-state index contributed by atoms with van der Waals surface area (Å²) in [4.78, 5) is 26.6. The van der Waals surface area contributed by atoms with E-state index in [1.54, 1.807) is 4.90 Å². The highest BCUT2D eigenvalue weighted by atomic mass is 32.2. The molecule has 2 amide bonds. The minimum absolute atomic E-state index is 0.0420. The molecule has 0 unspecified atom stereocenters. The lowest BCUT2D eigenvalue weighted by Gasteiger charge is -2.31. The molecule has 1 heterocycles. The number of halogens is 3. The predicted octanol–water partition coefficient (Wildman–Crippen LogP) is 4.79. The van der Waals surface area contributed by atoms with Gasteiger partial charge < -0.3 is 10.2 Å². The monoisotopic (exact) mass is 408 g/mol. The molecule has 0 aromatic heterocycles.